The van der Waals surface area contributed by atoms with E-state index in [9.17, 15) is 0 Å². The molecule has 3 nitrogen and oxygen atoms in total. The van der Waals surface area contributed by atoms with E-state index in [0.717, 1.165) is 32.3 Å². The van der Waals surface area contributed by atoms with Crippen LogP contribution in [-0.4, -0.2) is 49.8 Å². The maximum Gasteiger partial charge on any atom is 0.0593 e. The Labute approximate surface area is 113 Å². The molecule has 1 aliphatic carbocycles. The summed E-state index contributed by atoms with van der Waals surface area (Å²) in [5, 5.41) is 3.55. The molecule has 108 valence electrons. The van der Waals surface area contributed by atoms with Crippen molar-refractivity contribution in [1.29, 1.82) is 0 Å². The van der Waals surface area contributed by atoms with Crippen LogP contribution in [0.5, 0.6) is 0 Å². The first-order valence-electron chi connectivity index (χ1n) is 7.23. The third kappa shape index (κ3) is 7.34. The first-order valence-corrected chi connectivity index (χ1v) is 7.23. The fourth-order valence-electron chi connectivity index (χ4n) is 1.81. The van der Waals surface area contributed by atoms with E-state index in [-0.39, 0.29) is 11.0 Å². The molecule has 0 aromatic rings. The van der Waals surface area contributed by atoms with Gasteiger partial charge in [-0.05, 0) is 40.7 Å². The van der Waals surface area contributed by atoms with Crippen LogP contribution in [-0.2, 0) is 4.74 Å². The Morgan fingerprint density at radius 1 is 1.17 bits per heavy atom. The minimum absolute atomic E-state index is 0.184. The van der Waals surface area contributed by atoms with Gasteiger partial charge in [-0.1, -0.05) is 13.8 Å². The molecule has 0 heterocycles. The molecule has 0 aliphatic heterocycles. The van der Waals surface area contributed by atoms with Gasteiger partial charge >= 0.3 is 0 Å². The number of ether oxygens (including phenoxy) is 1. The summed E-state index contributed by atoms with van der Waals surface area (Å²) in [5.74, 6) is 0. The predicted molar refractivity (Wildman–Crippen MR) is 78.0 cm³/mol. The van der Waals surface area contributed by atoms with Gasteiger partial charge in [-0.3, -0.25) is 0 Å². The van der Waals surface area contributed by atoms with E-state index in [2.05, 4.69) is 51.9 Å². The quantitative estimate of drug-likeness (QED) is 0.675. The zero-order valence-corrected chi connectivity index (χ0v) is 13.2. The molecule has 18 heavy (non-hydrogen) atoms. The second-order valence-electron chi connectivity index (χ2n) is 7.53. The van der Waals surface area contributed by atoms with Crippen molar-refractivity contribution in [3.63, 3.8) is 0 Å². The molecule has 3 heteroatoms. The van der Waals surface area contributed by atoms with Gasteiger partial charge in [0.15, 0.2) is 0 Å². The number of hydrogen-bond donors (Lipinski definition) is 1. The Morgan fingerprint density at radius 2 is 1.78 bits per heavy atom. The van der Waals surface area contributed by atoms with Gasteiger partial charge in [-0.15, -0.1) is 0 Å². The first kappa shape index (κ1) is 15.9. The lowest BCUT2D eigenvalue weighted by Gasteiger charge is -2.30. The highest BCUT2D eigenvalue weighted by Gasteiger charge is 2.26. The normalized spacial score (nSPS) is 17.5. The SMILES string of the molecule is CN(CCOCC(C)(C)CNC(C)(C)C)C1CC1. The van der Waals surface area contributed by atoms with E-state index < -0.39 is 0 Å². The number of nitrogens with one attached hydrogen (secondary N) is 1. The summed E-state index contributed by atoms with van der Waals surface area (Å²) in [6.45, 7) is 14.9. The number of hydrogen-bond acceptors (Lipinski definition) is 3. The molecule has 0 saturated heterocycles. The van der Waals surface area contributed by atoms with Crippen LogP contribution in [0, 0.1) is 5.41 Å². The molecule has 0 unspecified atom stereocenters. The molecule has 1 fully saturated rings. The molecule has 0 bridgehead atoms. The van der Waals surface area contributed by atoms with Gasteiger partial charge in [-0.2, -0.15) is 0 Å². The molecule has 1 aliphatic rings. The van der Waals surface area contributed by atoms with Gasteiger partial charge in [0.25, 0.3) is 0 Å². The molecule has 0 spiro atoms. The fraction of sp³-hybridized carbons (Fsp3) is 1.00. The maximum absolute atomic E-state index is 5.83. The molecule has 0 atom stereocenters. The van der Waals surface area contributed by atoms with Gasteiger partial charge < -0.3 is 15.0 Å². The van der Waals surface area contributed by atoms with Crippen LogP contribution in [0.15, 0.2) is 0 Å². The van der Waals surface area contributed by atoms with Gasteiger partial charge in [0, 0.05) is 30.1 Å². The summed E-state index contributed by atoms with van der Waals surface area (Å²) < 4.78 is 5.83. The van der Waals surface area contributed by atoms with Gasteiger partial charge in [0.2, 0.25) is 0 Å². The molecule has 0 aromatic carbocycles. The third-order valence-corrected chi connectivity index (χ3v) is 3.35. The highest BCUT2D eigenvalue weighted by atomic mass is 16.5. The van der Waals surface area contributed by atoms with Crippen LogP contribution < -0.4 is 5.32 Å². The molecule has 0 amide bonds. The third-order valence-electron chi connectivity index (χ3n) is 3.35. The van der Waals surface area contributed by atoms with Crippen LogP contribution >= 0.6 is 0 Å². The summed E-state index contributed by atoms with van der Waals surface area (Å²) in [4.78, 5) is 2.42. The minimum Gasteiger partial charge on any atom is -0.380 e. The van der Waals surface area contributed by atoms with Gasteiger partial charge in [-0.25, -0.2) is 0 Å². The summed E-state index contributed by atoms with van der Waals surface area (Å²) in [5.41, 5.74) is 0.384. The molecule has 1 saturated carbocycles. The van der Waals surface area contributed by atoms with E-state index >= 15 is 0 Å². The summed E-state index contributed by atoms with van der Waals surface area (Å²) in [6.07, 6.45) is 2.75. The van der Waals surface area contributed by atoms with Crippen molar-refractivity contribution in [3.05, 3.63) is 0 Å². The molecule has 1 rings (SSSR count). The van der Waals surface area contributed by atoms with Crippen molar-refractivity contribution < 1.29 is 4.74 Å². The minimum atomic E-state index is 0.184. The highest BCUT2D eigenvalue weighted by molar-refractivity contribution is 4.82. The van der Waals surface area contributed by atoms with Crippen molar-refractivity contribution in [2.75, 3.05) is 33.4 Å². The lowest BCUT2D eigenvalue weighted by Crippen LogP contribution is -2.43. The van der Waals surface area contributed by atoms with Crippen LogP contribution in [0.1, 0.15) is 47.5 Å². The van der Waals surface area contributed by atoms with Crippen molar-refractivity contribution >= 4 is 0 Å². The van der Waals surface area contributed by atoms with E-state index in [1.807, 2.05) is 0 Å². The van der Waals surface area contributed by atoms with Crippen molar-refractivity contribution in [2.24, 2.45) is 5.41 Å². The van der Waals surface area contributed by atoms with E-state index in [4.69, 9.17) is 4.74 Å². The monoisotopic (exact) mass is 256 g/mol. The van der Waals surface area contributed by atoms with Crippen LogP contribution in [0.3, 0.4) is 0 Å². The van der Waals surface area contributed by atoms with E-state index in [0.29, 0.717) is 0 Å². The standard InChI is InChI=1S/C15H32N2O/c1-14(2,3)16-11-15(4,5)12-18-10-9-17(6)13-7-8-13/h13,16H,7-12H2,1-6H3. The van der Waals surface area contributed by atoms with E-state index in [1.165, 1.54) is 12.8 Å². The van der Waals surface area contributed by atoms with Crippen molar-refractivity contribution in [1.82, 2.24) is 10.2 Å². The lowest BCUT2D eigenvalue weighted by atomic mass is 9.93. The Bertz CT molecular complexity index is 241. The molecule has 0 radical (unpaired) electrons. The Hall–Kier alpha value is -0.120. The summed E-state index contributed by atoms with van der Waals surface area (Å²) >= 11 is 0. The highest BCUT2D eigenvalue weighted by Crippen LogP contribution is 2.24. The molecular weight excluding hydrogens is 224 g/mol. The zero-order valence-electron chi connectivity index (χ0n) is 13.2. The average molecular weight is 256 g/mol. The summed E-state index contributed by atoms with van der Waals surface area (Å²) in [7, 11) is 2.20. The second kappa shape index (κ2) is 6.36. The van der Waals surface area contributed by atoms with Crippen LogP contribution in [0.25, 0.3) is 0 Å². The second-order valence-corrected chi connectivity index (χ2v) is 7.53. The van der Waals surface area contributed by atoms with Crippen molar-refractivity contribution in [2.45, 2.75) is 59.0 Å². The fourth-order valence-corrected chi connectivity index (χ4v) is 1.81. The van der Waals surface area contributed by atoms with Crippen molar-refractivity contribution in [3.8, 4) is 0 Å². The van der Waals surface area contributed by atoms with Gasteiger partial charge in [0.1, 0.15) is 0 Å². The van der Waals surface area contributed by atoms with E-state index in [1.54, 1.807) is 0 Å². The average Bonchev–Trinajstić information content (AvgIpc) is 3.04. The van der Waals surface area contributed by atoms with Gasteiger partial charge in [0.05, 0.1) is 13.2 Å². The molecule has 1 N–H and O–H groups in total. The Kier molecular flexibility index (Phi) is 5.63. The van der Waals surface area contributed by atoms with Crippen LogP contribution in [0.2, 0.25) is 0 Å². The number of likely N-dealkylation sites (N-methyl/N-ethyl adjacent to an activating group) is 1. The number of nitrogens with zero attached hydrogens (tertiary/aromatic N) is 1. The topological polar surface area (TPSA) is 24.5 Å². The maximum atomic E-state index is 5.83. The lowest BCUT2D eigenvalue weighted by molar-refractivity contribution is 0.0473. The Morgan fingerprint density at radius 3 is 2.28 bits per heavy atom. The number of rotatable bonds is 8. The smallest absolute Gasteiger partial charge is 0.0593 e. The van der Waals surface area contributed by atoms with Crippen LogP contribution in [0.4, 0.5) is 0 Å². The Balaban J connectivity index is 2.08. The largest absolute Gasteiger partial charge is 0.380 e. The zero-order chi connectivity index (χ0) is 13.8. The first-order chi connectivity index (χ1) is 8.20. The predicted octanol–water partition coefficient (Wildman–Crippen LogP) is 2.51. The molecular formula is C15H32N2O. The molecule has 0 aromatic heterocycles. The summed E-state index contributed by atoms with van der Waals surface area (Å²) in [6, 6.07) is 0.837.